The molecule has 1 atom stereocenters. The standard InChI is InChI=1S/C19H29N3O4/c1-12(2)10-20(4)18-15(8-9-17(24)25)13(3)21(5)22(18)19(26)16(11-23)14-6-7-14/h8-9,11-14,26H,6-7,10H2,1-5H3,(H,24,25)/b9-8+,19-16-. The summed E-state index contributed by atoms with van der Waals surface area (Å²) < 4.78 is 0. The number of allylic oxidation sites excluding steroid dienone is 1. The summed E-state index contributed by atoms with van der Waals surface area (Å²) in [6.45, 7) is 6.85. The zero-order chi connectivity index (χ0) is 19.6. The van der Waals surface area contributed by atoms with Crippen molar-refractivity contribution in [2.75, 3.05) is 20.6 Å². The highest BCUT2D eigenvalue weighted by Gasteiger charge is 2.40. The van der Waals surface area contributed by atoms with Gasteiger partial charge in [-0.25, -0.2) is 14.8 Å². The van der Waals surface area contributed by atoms with Gasteiger partial charge < -0.3 is 15.1 Å². The molecule has 144 valence electrons. The van der Waals surface area contributed by atoms with E-state index >= 15 is 0 Å². The van der Waals surface area contributed by atoms with E-state index < -0.39 is 5.97 Å². The van der Waals surface area contributed by atoms with Gasteiger partial charge in [0.1, 0.15) is 5.82 Å². The number of aliphatic carboxylic acids is 1. The lowest BCUT2D eigenvalue weighted by Gasteiger charge is -2.35. The first kappa shape index (κ1) is 20.0. The average Bonchev–Trinajstić information content (AvgIpc) is 3.33. The Morgan fingerprint density at radius 1 is 1.35 bits per heavy atom. The highest BCUT2D eigenvalue weighted by molar-refractivity contribution is 5.80. The van der Waals surface area contributed by atoms with Crippen molar-refractivity contribution < 1.29 is 19.8 Å². The van der Waals surface area contributed by atoms with Crippen LogP contribution in [0.4, 0.5) is 0 Å². The number of hydrazine groups is 1. The Morgan fingerprint density at radius 3 is 2.42 bits per heavy atom. The van der Waals surface area contributed by atoms with E-state index in [0.29, 0.717) is 17.3 Å². The third-order valence-electron chi connectivity index (χ3n) is 4.79. The van der Waals surface area contributed by atoms with Gasteiger partial charge >= 0.3 is 5.97 Å². The number of nitrogens with zero attached hydrogens (tertiary/aromatic N) is 3. The normalized spacial score (nSPS) is 22.4. The maximum absolute atomic E-state index is 11.5. The highest BCUT2D eigenvalue weighted by atomic mass is 16.4. The number of hydrogen-bond acceptors (Lipinski definition) is 6. The number of rotatable bonds is 8. The number of aliphatic hydroxyl groups excluding tert-OH is 1. The van der Waals surface area contributed by atoms with E-state index in [9.17, 15) is 14.7 Å². The molecule has 2 N–H and O–H groups in total. The maximum Gasteiger partial charge on any atom is 0.328 e. The molecular weight excluding hydrogens is 334 g/mol. The third kappa shape index (κ3) is 4.09. The Morgan fingerprint density at radius 2 is 1.96 bits per heavy atom. The van der Waals surface area contributed by atoms with Gasteiger partial charge in [-0.05, 0) is 37.7 Å². The molecule has 0 saturated heterocycles. The zero-order valence-corrected chi connectivity index (χ0v) is 16.1. The van der Waals surface area contributed by atoms with Gasteiger partial charge in [-0.15, -0.1) is 0 Å². The molecule has 0 amide bonds. The fraction of sp³-hybridized carbons (Fsp3) is 0.579. The summed E-state index contributed by atoms with van der Waals surface area (Å²) in [6.07, 6.45) is 5.21. The van der Waals surface area contributed by atoms with Crippen molar-refractivity contribution in [2.24, 2.45) is 11.8 Å². The van der Waals surface area contributed by atoms with Crippen LogP contribution in [0.2, 0.25) is 0 Å². The predicted molar refractivity (Wildman–Crippen MR) is 98.8 cm³/mol. The van der Waals surface area contributed by atoms with E-state index in [4.69, 9.17) is 5.11 Å². The molecule has 0 aromatic heterocycles. The van der Waals surface area contributed by atoms with E-state index in [1.54, 1.807) is 11.1 Å². The molecule has 0 aromatic rings. The molecule has 1 saturated carbocycles. The molecule has 7 heteroatoms. The molecule has 0 radical (unpaired) electrons. The summed E-state index contributed by atoms with van der Waals surface area (Å²) in [5.74, 6) is 0.0831. The lowest BCUT2D eigenvalue weighted by molar-refractivity contribution is -0.131. The van der Waals surface area contributed by atoms with Crippen LogP contribution in [-0.2, 0) is 9.59 Å². The molecule has 2 aliphatic rings. The van der Waals surface area contributed by atoms with Gasteiger partial charge in [0.05, 0.1) is 11.6 Å². The molecule has 1 unspecified atom stereocenters. The molecule has 1 heterocycles. The van der Waals surface area contributed by atoms with Gasteiger partial charge in [-0.3, -0.25) is 4.79 Å². The minimum Gasteiger partial charge on any atom is -0.493 e. The fourth-order valence-electron chi connectivity index (χ4n) is 3.32. The highest BCUT2D eigenvalue weighted by Crippen LogP contribution is 2.40. The average molecular weight is 363 g/mol. The van der Waals surface area contributed by atoms with E-state index in [1.165, 1.54) is 0 Å². The summed E-state index contributed by atoms with van der Waals surface area (Å²) in [7, 11) is 3.73. The summed E-state index contributed by atoms with van der Waals surface area (Å²) in [4.78, 5) is 24.5. The third-order valence-corrected chi connectivity index (χ3v) is 4.79. The number of aldehydes is 1. The van der Waals surface area contributed by atoms with Crippen molar-refractivity contribution >= 4 is 12.3 Å². The number of likely N-dealkylation sites (N-methyl/N-ethyl adjacent to an activating group) is 1. The van der Waals surface area contributed by atoms with Crippen molar-refractivity contribution in [2.45, 2.75) is 39.7 Å². The molecular formula is C19H29N3O4. The van der Waals surface area contributed by atoms with Crippen LogP contribution in [-0.4, -0.2) is 64.1 Å². The van der Waals surface area contributed by atoms with E-state index in [1.807, 2.05) is 30.9 Å². The van der Waals surface area contributed by atoms with Crippen LogP contribution in [0.15, 0.2) is 35.0 Å². The number of hydrogen-bond donors (Lipinski definition) is 2. The Bertz CT molecular complexity index is 662. The maximum atomic E-state index is 11.5. The molecule has 1 aliphatic heterocycles. The minimum absolute atomic E-state index is 0.0684. The van der Waals surface area contributed by atoms with E-state index in [-0.39, 0.29) is 17.8 Å². The smallest absolute Gasteiger partial charge is 0.328 e. The molecule has 0 aromatic carbocycles. The number of carboxylic acid groups (broad SMARTS) is 1. The van der Waals surface area contributed by atoms with Gasteiger partial charge in [0.15, 0.2) is 6.29 Å². The van der Waals surface area contributed by atoms with Gasteiger partial charge in [0.2, 0.25) is 5.88 Å². The molecule has 7 nitrogen and oxygen atoms in total. The molecule has 2 rings (SSSR count). The number of aliphatic hydroxyl groups is 1. The van der Waals surface area contributed by atoms with Crippen LogP contribution >= 0.6 is 0 Å². The Kier molecular flexibility index (Phi) is 6.13. The van der Waals surface area contributed by atoms with Crippen molar-refractivity contribution in [1.29, 1.82) is 0 Å². The van der Waals surface area contributed by atoms with Crippen LogP contribution in [0.3, 0.4) is 0 Å². The van der Waals surface area contributed by atoms with Gasteiger partial charge in [-0.1, -0.05) is 13.8 Å². The van der Waals surface area contributed by atoms with E-state index in [0.717, 1.165) is 37.3 Å². The van der Waals surface area contributed by atoms with Crippen LogP contribution in [0.25, 0.3) is 0 Å². The SMILES string of the molecule is CC(C)CN(C)C1=C(/C=C/C(=O)O)C(C)N(C)N1/C(O)=C(\C=O)C1CC1. The number of carbonyl (C=O) groups excluding carboxylic acids is 1. The Balaban J connectivity index is 2.56. The van der Waals surface area contributed by atoms with Crippen molar-refractivity contribution in [3.05, 3.63) is 35.0 Å². The molecule has 0 spiro atoms. The van der Waals surface area contributed by atoms with Crippen LogP contribution in [0.5, 0.6) is 0 Å². The first-order chi connectivity index (χ1) is 12.2. The number of carboxylic acids is 1. The topological polar surface area (TPSA) is 84.3 Å². The van der Waals surface area contributed by atoms with Crippen LogP contribution in [0, 0.1) is 11.8 Å². The lowest BCUT2D eigenvalue weighted by Crippen LogP contribution is -2.42. The largest absolute Gasteiger partial charge is 0.493 e. The van der Waals surface area contributed by atoms with Crippen LogP contribution in [0.1, 0.15) is 33.6 Å². The van der Waals surface area contributed by atoms with Crippen LogP contribution < -0.4 is 0 Å². The lowest BCUT2D eigenvalue weighted by atomic mass is 10.1. The Labute approximate surface area is 154 Å². The summed E-state index contributed by atoms with van der Waals surface area (Å²) in [6, 6.07) is -0.149. The van der Waals surface area contributed by atoms with Crippen molar-refractivity contribution in [3.63, 3.8) is 0 Å². The quantitative estimate of drug-likeness (QED) is 0.389. The molecule has 26 heavy (non-hydrogen) atoms. The van der Waals surface area contributed by atoms with Crippen molar-refractivity contribution in [3.8, 4) is 0 Å². The molecule has 1 fully saturated rings. The molecule has 1 aliphatic carbocycles. The summed E-state index contributed by atoms with van der Waals surface area (Å²) >= 11 is 0. The Hall–Kier alpha value is -2.28. The summed E-state index contributed by atoms with van der Waals surface area (Å²) in [5.41, 5.74) is 1.19. The predicted octanol–water partition coefficient (Wildman–Crippen LogP) is 2.36. The first-order valence-corrected chi connectivity index (χ1v) is 8.96. The second-order valence-corrected chi connectivity index (χ2v) is 7.46. The first-order valence-electron chi connectivity index (χ1n) is 8.96. The van der Waals surface area contributed by atoms with Gasteiger partial charge in [0, 0.05) is 32.3 Å². The van der Waals surface area contributed by atoms with E-state index in [2.05, 4.69) is 13.8 Å². The molecule has 0 bridgehead atoms. The number of carbonyl (C=O) groups is 2. The fourth-order valence-corrected chi connectivity index (χ4v) is 3.32. The monoisotopic (exact) mass is 363 g/mol. The van der Waals surface area contributed by atoms with Crippen molar-refractivity contribution in [1.82, 2.24) is 14.9 Å². The zero-order valence-electron chi connectivity index (χ0n) is 16.1. The minimum atomic E-state index is -1.03. The summed E-state index contributed by atoms with van der Waals surface area (Å²) in [5, 5.41) is 23.4. The van der Waals surface area contributed by atoms with Gasteiger partial charge in [0.25, 0.3) is 0 Å². The second kappa shape index (κ2) is 7.95. The second-order valence-electron chi connectivity index (χ2n) is 7.46. The van der Waals surface area contributed by atoms with Gasteiger partial charge in [-0.2, -0.15) is 0 Å².